The fourth-order valence-electron chi connectivity index (χ4n) is 9.18. The number of allylic oxidation sites excluding steroid dienone is 3. The van der Waals surface area contributed by atoms with E-state index in [0.717, 1.165) is 25.2 Å². The summed E-state index contributed by atoms with van der Waals surface area (Å²) in [7, 11) is 0. The number of hydrogen-bond donors (Lipinski definition) is 0. The Morgan fingerprint density at radius 3 is 2.70 bits per heavy atom. The molecular weight excluding hydrogens is 336 g/mol. The highest BCUT2D eigenvalue weighted by Gasteiger charge is 2.80. The lowest BCUT2D eigenvalue weighted by Gasteiger charge is -2.59. The molecular formula is C24H28O3. The minimum absolute atomic E-state index is 0.0415. The van der Waals surface area contributed by atoms with E-state index in [1.165, 1.54) is 24.8 Å². The molecule has 0 aromatic rings. The van der Waals surface area contributed by atoms with Gasteiger partial charge < -0.3 is 4.74 Å². The maximum Gasteiger partial charge on any atom is 0.306 e. The van der Waals surface area contributed by atoms with E-state index < -0.39 is 0 Å². The second kappa shape index (κ2) is 4.28. The molecule has 0 bridgehead atoms. The highest BCUT2D eigenvalue weighted by atomic mass is 16.6. The van der Waals surface area contributed by atoms with Crippen LogP contribution in [0.1, 0.15) is 58.8 Å². The molecule has 7 rings (SSSR count). The van der Waals surface area contributed by atoms with Gasteiger partial charge in [-0.2, -0.15) is 0 Å². The van der Waals surface area contributed by atoms with Crippen LogP contribution >= 0.6 is 0 Å². The van der Waals surface area contributed by atoms with Gasteiger partial charge >= 0.3 is 5.97 Å². The molecule has 4 saturated carbocycles. The molecule has 3 nitrogen and oxygen atoms in total. The van der Waals surface area contributed by atoms with Crippen molar-refractivity contribution in [3.05, 3.63) is 23.3 Å². The molecule has 0 radical (unpaired) electrons. The predicted molar refractivity (Wildman–Crippen MR) is 99.5 cm³/mol. The third-order valence-electron chi connectivity index (χ3n) is 10.4. The normalized spacial score (nSPS) is 59.0. The van der Waals surface area contributed by atoms with E-state index in [1.54, 1.807) is 5.57 Å². The highest BCUT2D eigenvalue weighted by Crippen LogP contribution is 2.81. The maximum atomic E-state index is 12.1. The van der Waals surface area contributed by atoms with Crippen LogP contribution in [-0.4, -0.2) is 17.4 Å². The van der Waals surface area contributed by atoms with E-state index in [1.807, 2.05) is 6.08 Å². The third kappa shape index (κ3) is 1.53. The van der Waals surface area contributed by atoms with Crippen molar-refractivity contribution in [3.63, 3.8) is 0 Å². The molecule has 5 fully saturated rings. The summed E-state index contributed by atoms with van der Waals surface area (Å²) in [6.07, 6.45) is 11.5. The largest absolute Gasteiger partial charge is 0.458 e. The molecule has 7 aliphatic rings. The lowest BCUT2D eigenvalue weighted by atomic mass is 9.45. The van der Waals surface area contributed by atoms with Gasteiger partial charge in [0.15, 0.2) is 5.78 Å². The second-order valence-electron chi connectivity index (χ2n) is 11.1. The molecule has 27 heavy (non-hydrogen) atoms. The minimum Gasteiger partial charge on any atom is -0.458 e. The van der Waals surface area contributed by atoms with Gasteiger partial charge in [-0.3, -0.25) is 9.59 Å². The summed E-state index contributed by atoms with van der Waals surface area (Å²) in [5, 5.41) is 0. The van der Waals surface area contributed by atoms with Gasteiger partial charge in [-0.1, -0.05) is 25.5 Å². The smallest absolute Gasteiger partial charge is 0.306 e. The summed E-state index contributed by atoms with van der Waals surface area (Å²) in [5.41, 5.74) is 3.28. The fraction of sp³-hybridized carbons (Fsp3) is 0.750. The highest BCUT2D eigenvalue weighted by molar-refractivity contribution is 5.92. The van der Waals surface area contributed by atoms with Gasteiger partial charge in [-0.15, -0.1) is 0 Å². The summed E-state index contributed by atoms with van der Waals surface area (Å²) in [6, 6.07) is 0. The number of carbonyl (C=O) groups excluding carboxylic acids is 2. The second-order valence-corrected chi connectivity index (χ2v) is 11.1. The molecule has 9 unspecified atom stereocenters. The zero-order valence-electron chi connectivity index (χ0n) is 16.3. The first-order chi connectivity index (χ1) is 12.9. The van der Waals surface area contributed by atoms with Crippen molar-refractivity contribution in [1.29, 1.82) is 0 Å². The van der Waals surface area contributed by atoms with Gasteiger partial charge in [0.25, 0.3) is 0 Å². The Morgan fingerprint density at radius 1 is 1.07 bits per heavy atom. The van der Waals surface area contributed by atoms with Gasteiger partial charge in [-0.25, -0.2) is 0 Å². The van der Waals surface area contributed by atoms with Crippen LogP contribution in [0.5, 0.6) is 0 Å². The molecule has 0 aromatic heterocycles. The Balaban J connectivity index is 1.34. The average Bonchev–Trinajstić information content (AvgIpc) is 3.53. The first kappa shape index (κ1) is 15.5. The molecule has 142 valence electrons. The van der Waals surface area contributed by atoms with Crippen LogP contribution in [0.15, 0.2) is 23.3 Å². The van der Waals surface area contributed by atoms with E-state index in [2.05, 4.69) is 19.9 Å². The van der Waals surface area contributed by atoms with Crippen molar-refractivity contribution in [1.82, 2.24) is 0 Å². The molecule has 9 atom stereocenters. The van der Waals surface area contributed by atoms with Crippen LogP contribution in [0.3, 0.4) is 0 Å². The first-order valence-electron chi connectivity index (χ1n) is 11.1. The topological polar surface area (TPSA) is 43.4 Å². The molecule has 0 amide bonds. The van der Waals surface area contributed by atoms with Crippen molar-refractivity contribution in [3.8, 4) is 0 Å². The molecule has 0 N–H and O–H groups in total. The first-order valence-corrected chi connectivity index (χ1v) is 11.1. The van der Waals surface area contributed by atoms with Crippen molar-refractivity contribution >= 4 is 11.8 Å². The lowest BCUT2D eigenvalue weighted by molar-refractivity contribution is -0.173. The summed E-state index contributed by atoms with van der Waals surface area (Å²) < 4.78 is 6.20. The fourth-order valence-corrected chi connectivity index (χ4v) is 9.18. The Bertz CT molecular complexity index is 882. The van der Waals surface area contributed by atoms with E-state index in [-0.39, 0.29) is 22.4 Å². The van der Waals surface area contributed by atoms with E-state index >= 15 is 0 Å². The van der Waals surface area contributed by atoms with Crippen LogP contribution in [0.2, 0.25) is 0 Å². The van der Waals surface area contributed by atoms with Crippen molar-refractivity contribution in [2.24, 2.45) is 46.3 Å². The van der Waals surface area contributed by atoms with Gasteiger partial charge in [0.2, 0.25) is 0 Å². The van der Waals surface area contributed by atoms with Gasteiger partial charge in [-0.05, 0) is 72.8 Å². The number of ketones is 1. The van der Waals surface area contributed by atoms with Crippen molar-refractivity contribution < 1.29 is 14.3 Å². The predicted octanol–water partition coefficient (Wildman–Crippen LogP) is 4.23. The zero-order valence-corrected chi connectivity index (χ0v) is 16.3. The summed E-state index contributed by atoms with van der Waals surface area (Å²) >= 11 is 0. The SMILES string of the molecule is CC12CCC(=O)C=C1C1C=C1C1C2CCC2(C)C1C1CC1C21CCC(=O)O1. The van der Waals surface area contributed by atoms with Crippen LogP contribution in [0, 0.1) is 46.3 Å². The Labute approximate surface area is 160 Å². The van der Waals surface area contributed by atoms with Gasteiger partial charge in [0, 0.05) is 30.1 Å². The monoisotopic (exact) mass is 364 g/mol. The number of hydrogen-bond acceptors (Lipinski definition) is 3. The molecule has 1 aliphatic heterocycles. The number of ether oxygens (including phenoxy) is 1. The standard InChI is InChI=1S/C24H28O3/c1-22-6-3-12(25)9-17(22)13-10-14(13)20-16(22)4-7-23(2)21(20)15-11-18(15)24(23)8-5-19(26)27-24/h9-10,13,15-16,18,20-21H,3-8,11H2,1-2H3. The molecule has 0 aromatic carbocycles. The minimum atomic E-state index is -0.158. The number of rotatable bonds is 0. The number of fused-ring (bicyclic) bond motifs is 12. The molecule has 1 heterocycles. The molecule has 3 heteroatoms. The third-order valence-corrected chi connectivity index (χ3v) is 10.4. The van der Waals surface area contributed by atoms with E-state index in [9.17, 15) is 9.59 Å². The van der Waals surface area contributed by atoms with Crippen LogP contribution in [0.4, 0.5) is 0 Å². The zero-order chi connectivity index (χ0) is 18.3. The summed E-state index contributed by atoms with van der Waals surface area (Å²) in [5.74, 6) is 4.25. The molecule has 1 saturated heterocycles. The van der Waals surface area contributed by atoms with Crippen molar-refractivity contribution in [2.75, 3.05) is 0 Å². The van der Waals surface area contributed by atoms with E-state index in [4.69, 9.17) is 4.74 Å². The molecule has 6 aliphatic carbocycles. The number of esters is 1. The van der Waals surface area contributed by atoms with Gasteiger partial charge in [0.1, 0.15) is 5.60 Å². The Morgan fingerprint density at radius 2 is 1.93 bits per heavy atom. The Hall–Kier alpha value is -1.38. The lowest BCUT2D eigenvalue weighted by Crippen LogP contribution is -2.57. The summed E-state index contributed by atoms with van der Waals surface area (Å²) in [4.78, 5) is 24.3. The van der Waals surface area contributed by atoms with Gasteiger partial charge in [0.05, 0.1) is 0 Å². The maximum absolute atomic E-state index is 12.1. The van der Waals surface area contributed by atoms with Crippen LogP contribution < -0.4 is 0 Å². The number of carbonyl (C=O) groups is 2. The quantitative estimate of drug-likeness (QED) is 0.477. The summed E-state index contributed by atoms with van der Waals surface area (Å²) in [6.45, 7) is 4.92. The van der Waals surface area contributed by atoms with Crippen LogP contribution in [-0.2, 0) is 14.3 Å². The van der Waals surface area contributed by atoms with Crippen molar-refractivity contribution in [2.45, 2.75) is 64.4 Å². The molecule has 1 spiro atoms. The van der Waals surface area contributed by atoms with E-state index in [0.29, 0.717) is 41.8 Å². The Kier molecular flexibility index (Phi) is 2.46. The average molecular weight is 364 g/mol. The van der Waals surface area contributed by atoms with Crippen LogP contribution in [0.25, 0.3) is 0 Å².